The van der Waals surface area contributed by atoms with Gasteiger partial charge >= 0.3 is 0 Å². The number of methoxy groups -OCH3 is 1. The molecule has 0 saturated heterocycles. The summed E-state index contributed by atoms with van der Waals surface area (Å²) in [5, 5.41) is 4.85. The molecule has 6 nitrogen and oxygen atoms in total. The van der Waals surface area contributed by atoms with Gasteiger partial charge in [-0.1, -0.05) is 36.4 Å². The van der Waals surface area contributed by atoms with Crippen LogP contribution in [0.5, 0.6) is 0 Å². The van der Waals surface area contributed by atoms with Crippen molar-refractivity contribution in [3.05, 3.63) is 72.3 Å². The highest BCUT2D eigenvalue weighted by molar-refractivity contribution is 7.89. The summed E-state index contributed by atoms with van der Waals surface area (Å²) in [5.74, 6) is -0.303. The highest BCUT2D eigenvalue weighted by Gasteiger charge is 2.15. The first-order valence-electron chi connectivity index (χ1n) is 8.39. The van der Waals surface area contributed by atoms with Gasteiger partial charge in [0.25, 0.3) is 5.91 Å². The molecule has 0 unspecified atom stereocenters. The van der Waals surface area contributed by atoms with E-state index in [1.165, 1.54) is 31.4 Å². The smallest absolute Gasteiger partial charge is 0.255 e. The second kappa shape index (κ2) is 8.30. The summed E-state index contributed by atoms with van der Waals surface area (Å²) >= 11 is 0. The Hall–Kier alpha value is -2.74. The predicted molar refractivity (Wildman–Crippen MR) is 105 cm³/mol. The molecule has 0 fully saturated rings. The Morgan fingerprint density at radius 3 is 2.41 bits per heavy atom. The number of rotatable bonds is 7. The zero-order valence-electron chi connectivity index (χ0n) is 14.8. The number of carbonyl (C=O) groups excluding carboxylic acids is 1. The van der Waals surface area contributed by atoms with Crippen molar-refractivity contribution in [3.8, 4) is 0 Å². The normalized spacial score (nSPS) is 11.4. The van der Waals surface area contributed by atoms with Gasteiger partial charge in [-0.2, -0.15) is 0 Å². The number of hydrogen-bond donors (Lipinski definition) is 2. The average Bonchev–Trinajstić information content (AvgIpc) is 2.68. The lowest BCUT2D eigenvalue weighted by Gasteiger charge is -2.10. The van der Waals surface area contributed by atoms with E-state index in [4.69, 9.17) is 4.74 Å². The molecule has 0 saturated carbocycles. The number of anilines is 1. The van der Waals surface area contributed by atoms with E-state index >= 15 is 0 Å². The molecule has 3 aromatic rings. The molecule has 0 aliphatic rings. The third-order valence-corrected chi connectivity index (χ3v) is 5.54. The lowest BCUT2D eigenvalue weighted by atomic mass is 10.1. The van der Waals surface area contributed by atoms with E-state index in [1.54, 1.807) is 0 Å². The van der Waals surface area contributed by atoms with E-state index in [1.807, 2.05) is 42.5 Å². The molecule has 2 N–H and O–H groups in total. The fourth-order valence-corrected chi connectivity index (χ4v) is 3.69. The van der Waals surface area contributed by atoms with Crippen LogP contribution in [0.3, 0.4) is 0 Å². The van der Waals surface area contributed by atoms with Crippen LogP contribution >= 0.6 is 0 Å². The molecule has 27 heavy (non-hydrogen) atoms. The van der Waals surface area contributed by atoms with Gasteiger partial charge in [0.2, 0.25) is 10.0 Å². The number of benzene rings is 3. The number of amides is 1. The summed E-state index contributed by atoms with van der Waals surface area (Å²) in [6, 6.07) is 19.2. The minimum atomic E-state index is -3.62. The summed E-state index contributed by atoms with van der Waals surface area (Å²) in [5.41, 5.74) is 1.08. The molecule has 0 aliphatic carbocycles. The minimum absolute atomic E-state index is 0.0975. The van der Waals surface area contributed by atoms with Crippen LogP contribution in [0.25, 0.3) is 10.8 Å². The van der Waals surface area contributed by atoms with Crippen LogP contribution in [-0.4, -0.2) is 34.6 Å². The minimum Gasteiger partial charge on any atom is -0.383 e. The largest absolute Gasteiger partial charge is 0.383 e. The number of ether oxygens (including phenoxy) is 1. The quantitative estimate of drug-likeness (QED) is 0.613. The highest BCUT2D eigenvalue weighted by Crippen LogP contribution is 2.23. The Labute approximate surface area is 158 Å². The second-order valence-electron chi connectivity index (χ2n) is 5.90. The van der Waals surface area contributed by atoms with Crippen LogP contribution in [0, 0.1) is 0 Å². The van der Waals surface area contributed by atoms with Crippen molar-refractivity contribution in [2.75, 3.05) is 25.6 Å². The van der Waals surface area contributed by atoms with E-state index in [0.717, 1.165) is 10.8 Å². The zero-order chi connectivity index (χ0) is 19.3. The number of nitrogens with one attached hydrogen (secondary N) is 2. The van der Waals surface area contributed by atoms with Crippen molar-refractivity contribution in [1.82, 2.24) is 4.72 Å². The average molecular weight is 384 g/mol. The lowest BCUT2D eigenvalue weighted by molar-refractivity contribution is 0.102. The number of carbonyl (C=O) groups is 1. The molecule has 140 valence electrons. The SMILES string of the molecule is COCCNS(=O)(=O)c1ccc(C(=O)Nc2cccc3ccccc23)cc1. The molecule has 3 rings (SSSR count). The summed E-state index contributed by atoms with van der Waals surface area (Å²) in [4.78, 5) is 12.6. The molecule has 1 amide bonds. The van der Waals surface area contributed by atoms with E-state index in [9.17, 15) is 13.2 Å². The van der Waals surface area contributed by atoms with Crippen LogP contribution in [-0.2, 0) is 14.8 Å². The standard InChI is InChI=1S/C20H20N2O4S/c1-26-14-13-21-27(24,25)17-11-9-16(10-12-17)20(23)22-19-8-4-6-15-5-2-3-7-18(15)19/h2-12,21H,13-14H2,1H3,(H,22,23). The first kappa shape index (κ1) is 19.0. The third kappa shape index (κ3) is 4.51. The molecule has 0 aromatic heterocycles. The number of sulfonamides is 1. The molecule has 0 aliphatic heterocycles. The Kier molecular flexibility index (Phi) is 5.85. The van der Waals surface area contributed by atoms with Crippen LogP contribution in [0.4, 0.5) is 5.69 Å². The molecule has 7 heteroatoms. The Balaban J connectivity index is 1.76. The maximum absolute atomic E-state index is 12.5. The van der Waals surface area contributed by atoms with Crippen LogP contribution < -0.4 is 10.0 Å². The maximum atomic E-state index is 12.5. The van der Waals surface area contributed by atoms with Gasteiger partial charge in [0, 0.05) is 30.3 Å². The molecular formula is C20H20N2O4S. The summed E-state index contributed by atoms with van der Waals surface area (Å²) < 4.78 is 31.6. The van der Waals surface area contributed by atoms with Crippen LogP contribution in [0.15, 0.2) is 71.6 Å². The van der Waals surface area contributed by atoms with Gasteiger partial charge < -0.3 is 10.1 Å². The molecule has 0 heterocycles. The van der Waals surface area contributed by atoms with Gasteiger partial charge in [-0.25, -0.2) is 13.1 Å². The van der Waals surface area contributed by atoms with E-state index in [2.05, 4.69) is 10.0 Å². The molecule has 3 aromatic carbocycles. The Morgan fingerprint density at radius 2 is 1.67 bits per heavy atom. The summed E-state index contributed by atoms with van der Waals surface area (Å²) in [7, 11) is -2.13. The monoisotopic (exact) mass is 384 g/mol. The van der Waals surface area contributed by atoms with Gasteiger partial charge in [-0.15, -0.1) is 0 Å². The zero-order valence-corrected chi connectivity index (χ0v) is 15.6. The van der Waals surface area contributed by atoms with E-state index in [0.29, 0.717) is 11.3 Å². The Morgan fingerprint density at radius 1 is 0.963 bits per heavy atom. The topological polar surface area (TPSA) is 84.5 Å². The molecule has 0 atom stereocenters. The van der Waals surface area contributed by atoms with Gasteiger partial charge in [-0.05, 0) is 35.7 Å². The first-order chi connectivity index (χ1) is 13.0. The highest BCUT2D eigenvalue weighted by atomic mass is 32.2. The van der Waals surface area contributed by atoms with Crippen molar-refractivity contribution in [2.24, 2.45) is 0 Å². The molecule has 0 bridgehead atoms. The predicted octanol–water partition coefficient (Wildman–Crippen LogP) is 3.02. The fraction of sp³-hybridized carbons (Fsp3) is 0.150. The van der Waals surface area contributed by atoms with Gasteiger partial charge in [-0.3, -0.25) is 4.79 Å². The van der Waals surface area contributed by atoms with Crippen molar-refractivity contribution < 1.29 is 17.9 Å². The molecular weight excluding hydrogens is 364 g/mol. The van der Waals surface area contributed by atoms with Crippen molar-refractivity contribution in [3.63, 3.8) is 0 Å². The van der Waals surface area contributed by atoms with Crippen molar-refractivity contribution >= 4 is 32.4 Å². The first-order valence-corrected chi connectivity index (χ1v) is 9.87. The number of fused-ring (bicyclic) bond motifs is 1. The fourth-order valence-electron chi connectivity index (χ4n) is 2.68. The molecule has 0 radical (unpaired) electrons. The number of hydrogen-bond acceptors (Lipinski definition) is 4. The van der Waals surface area contributed by atoms with Gasteiger partial charge in [0.1, 0.15) is 0 Å². The maximum Gasteiger partial charge on any atom is 0.255 e. The van der Waals surface area contributed by atoms with Crippen LogP contribution in [0.2, 0.25) is 0 Å². The summed E-state index contributed by atoms with van der Waals surface area (Å²) in [6.45, 7) is 0.465. The lowest BCUT2D eigenvalue weighted by Crippen LogP contribution is -2.27. The third-order valence-electron chi connectivity index (χ3n) is 4.06. The van der Waals surface area contributed by atoms with Gasteiger partial charge in [0.15, 0.2) is 0 Å². The Bertz CT molecular complexity index is 1040. The van der Waals surface area contributed by atoms with Crippen LogP contribution in [0.1, 0.15) is 10.4 Å². The summed E-state index contributed by atoms with van der Waals surface area (Å²) in [6.07, 6.45) is 0. The molecule has 0 spiro atoms. The van der Waals surface area contributed by atoms with Crippen molar-refractivity contribution in [1.29, 1.82) is 0 Å². The van der Waals surface area contributed by atoms with Crippen molar-refractivity contribution in [2.45, 2.75) is 4.90 Å². The van der Waals surface area contributed by atoms with Gasteiger partial charge in [0.05, 0.1) is 11.5 Å². The van der Waals surface area contributed by atoms with E-state index in [-0.39, 0.29) is 24.0 Å². The van der Waals surface area contributed by atoms with E-state index < -0.39 is 10.0 Å². The second-order valence-corrected chi connectivity index (χ2v) is 7.66.